The van der Waals surface area contributed by atoms with Gasteiger partial charge in [0.1, 0.15) is 23.3 Å². The predicted molar refractivity (Wildman–Crippen MR) is 165 cm³/mol. The molecule has 0 spiro atoms. The van der Waals surface area contributed by atoms with Crippen molar-refractivity contribution in [2.45, 2.75) is 32.9 Å². The predicted octanol–water partition coefficient (Wildman–Crippen LogP) is 6.86. The molecule has 2 aromatic carbocycles. The number of benzene rings is 2. The molecular weight excluding hydrogens is 576 g/mol. The number of aromatic carboxylic acids is 1. The number of halogens is 1. The van der Waals surface area contributed by atoms with Gasteiger partial charge in [0.2, 0.25) is 5.91 Å². The van der Waals surface area contributed by atoms with E-state index < -0.39 is 17.4 Å². The highest BCUT2D eigenvalue weighted by Crippen LogP contribution is 2.45. The Bertz CT molecular complexity index is 1670. The third-order valence-electron chi connectivity index (χ3n) is 6.89. The third-order valence-corrected chi connectivity index (χ3v) is 7.53. The Balaban J connectivity index is 1.58. The molecule has 0 bridgehead atoms. The Kier molecular flexibility index (Phi) is 7.94. The number of nitrogens with one attached hydrogen (secondary N) is 2. The minimum atomic E-state index is -1.07. The molecule has 0 radical (unpaired) electrons. The highest BCUT2D eigenvalue weighted by Gasteiger charge is 2.43. The zero-order valence-electron chi connectivity index (χ0n) is 23.3. The number of anilines is 2. The normalized spacial score (nSPS) is 16.7. The summed E-state index contributed by atoms with van der Waals surface area (Å²) >= 11 is 12.3. The number of amides is 1. The van der Waals surface area contributed by atoms with Gasteiger partial charge in [-0.1, -0.05) is 38.4 Å². The molecule has 3 heterocycles. The van der Waals surface area contributed by atoms with E-state index in [4.69, 9.17) is 33.0 Å². The molecule has 1 aliphatic rings. The van der Waals surface area contributed by atoms with E-state index in [1.54, 1.807) is 24.4 Å². The Morgan fingerprint density at radius 3 is 2.57 bits per heavy atom. The van der Waals surface area contributed by atoms with Gasteiger partial charge in [-0.3, -0.25) is 9.78 Å². The van der Waals surface area contributed by atoms with Crippen LogP contribution in [0, 0.1) is 5.41 Å². The number of nitrogens with zero attached hydrogens (tertiary/aromatic N) is 2. The maximum atomic E-state index is 12.7. The van der Waals surface area contributed by atoms with Crippen molar-refractivity contribution in [3.05, 3.63) is 95.0 Å². The quantitative estimate of drug-likeness (QED) is 0.194. The number of hydrogen-bond acceptors (Lipinski definition) is 6. The average molecular weight is 605 g/mol. The van der Waals surface area contributed by atoms with Crippen LogP contribution in [0.1, 0.15) is 54.7 Å². The molecule has 2 aromatic heterocycles. The maximum absolute atomic E-state index is 12.7. The fourth-order valence-corrected chi connectivity index (χ4v) is 5.23. The number of aromatic nitrogens is 1. The van der Waals surface area contributed by atoms with Crippen LogP contribution in [0.25, 0.3) is 11.3 Å². The number of ether oxygens (including phenoxy) is 1. The van der Waals surface area contributed by atoms with Crippen molar-refractivity contribution in [3.8, 4) is 17.1 Å². The number of carboxylic acids is 1. The zero-order valence-corrected chi connectivity index (χ0v) is 24.9. The molecule has 4 aromatic rings. The number of hydrogen-bond donors (Lipinski definition) is 3. The molecule has 11 heteroatoms. The van der Waals surface area contributed by atoms with E-state index in [1.807, 2.05) is 56.0 Å². The van der Waals surface area contributed by atoms with Gasteiger partial charge in [0.25, 0.3) is 0 Å². The maximum Gasteiger partial charge on any atom is 0.335 e. The highest BCUT2D eigenvalue weighted by molar-refractivity contribution is 7.80. The fraction of sp³-hybridized carbons (Fsp3) is 0.226. The topological polar surface area (TPSA) is 117 Å². The minimum absolute atomic E-state index is 0.0924. The van der Waals surface area contributed by atoms with Gasteiger partial charge >= 0.3 is 5.97 Å². The van der Waals surface area contributed by atoms with Crippen molar-refractivity contribution in [1.82, 2.24) is 10.3 Å². The van der Waals surface area contributed by atoms with Gasteiger partial charge in [-0.2, -0.15) is 0 Å². The van der Waals surface area contributed by atoms with Crippen molar-refractivity contribution < 1.29 is 23.8 Å². The van der Waals surface area contributed by atoms with Crippen LogP contribution in [0.4, 0.5) is 11.4 Å². The second-order valence-electron chi connectivity index (χ2n) is 10.8. The van der Waals surface area contributed by atoms with Crippen LogP contribution in [-0.2, 0) is 4.79 Å². The van der Waals surface area contributed by atoms with E-state index in [-0.39, 0.29) is 17.5 Å². The molecule has 1 saturated heterocycles. The van der Waals surface area contributed by atoms with Gasteiger partial charge < -0.3 is 29.8 Å². The molecule has 42 heavy (non-hydrogen) atoms. The molecule has 1 fully saturated rings. The van der Waals surface area contributed by atoms with Crippen LogP contribution < -0.4 is 20.3 Å². The first-order chi connectivity index (χ1) is 20.0. The number of carbonyl (C=O) groups is 2. The molecule has 0 aliphatic carbocycles. The molecule has 3 N–H and O–H groups in total. The molecule has 1 aliphatic heterocycles. The van der Waals surface area contributed by atoms with Crippen molar-refractivity contribution in [3.63, 3.8) is 0 Å². The highest BCUT2D eigenvalue weighted by atomic mass is 35.5. The zero-order chi connectivity index (χ0) is 30.2. The number of furan rings is 1. The second kappa shape index (κ2) is 11.5. The monoisotopic (exact) mass is 604 g/mol. The molecule has 0 saturated carbocycles. The van der Waals surface area contributed by atoms with E-state index in [0.717, 1.165) is 5.69 Å². The first kappa shape index (κ1) is 29.1. The summed E-state index contributed by atoms with van der Waals surface area (Å²) in [5, 5.41) is 16.6. The first-order valence-electron chi connectivity index (χ1n) is 13.1. The largest absolute Gasteiger partial charge is 0.494 e. The number of pyridine rings is 1. The van der Waals surface area contributed by atoms with Crippen molar-refractivity contribution in [2.75, 3.05) is 17.3 Å². The number of carbonyl (C=O) groups excluding carboxylic acids is 1. The molecule has 5 rings (SSSR count). The molecule has 1 amide bonds. The lowest BCUT2D eigenvalue weighted by Gasteiger charge is -2.27. The van der Waals surface area contributed by atoms with Crippen molar-refractivity contribution in [1.29, 1.82) is 0 Å². The summed E-state index contributed by atoms with van der Waals surface area (Å²) in [5.74, 6) is 0.212. The number of thiocarbonyl (C=S) groups is 1. The van der Waals surface area contributed by atoms with Gasteiger partial charge in [0.15, 0.2) is 5.11 Å². The van der Waals surface area contributed by atoms with E-state index >= 15 is 0 Å². The smallest absolute Gasteiger partial charge is 0.335 e. The van der Waals surface area contributed by atoms with Gasteiger partial charge in [-0.05, 0) is 66.8 Å². The molecule has 0 unspecified atom stereocenters. The van der Waals surface area contributed by atoms with Gasteiger partial charge in [-0.15, -0.1) is 0 Å². The van der Waals surface area contributed by atoms with E-state index in [1.165, 1.54) is 25.3 Å². The third kappa shape index (κ3) is 5.68. The first-order valence-corrected chi connectivity index (χ1v) is 13.9. The fourth-order valence-electron chi connectivity index (χ4n) is 4.67. The SMILES string of the molecule is COc1cc(N2C(=S)N[C@@H](c3ccccn3)[C@H]2c2ccc(-c3cc(C(=O)O)ccc3Cl)o2)ccc1NC(=O)C(C)(C)C. The van der Waals surface area contributed by atoms with Crippen LogP contribution in [0.3, 0.4) is 0 Å². The van der Waals surface area contributed by atoms with Crippen molar-refractivity contribution >= 4 is 52.2 Å². The number of methoxy groups -OCH3 is 1. The Hall–Kier alpha value is -4.41. The Morgan fingerprint density at radius 1 is 1.12 bits per heavy atom. The van der Waals surface area contributed by atoms with Gasteiger partial charge in [-0.25, -0.2) is 4.79 Å². The summed E-state index contributed by atoms with van der Waals surface area (Å²) in [6.07, 6.45) is 1.71. The van der Waals surface area contributed by atoms with Crippen LogP contribution in [0.2, 0.25) is 5.02 Å². The van der Waals surface area contributed by atoms with Crippen LogP contribution in [-0.4, -0.2) is 34.2 Å². The lowest BCUT2D eigenvalue weighted by Crippen LogP contribution is -2.30. The summed E-state index contributed by atoms with van der Waals surface area (Å²) < 4.78 is 12.0. The lowest BCUT2D eigenvalue weighted by molar-refractivity contribution is -0.123. The summed E-state index contributed by atoms with van der Waals surface area (Å²) in [6.45, 7) is 5.51. The Morgan fingerprint density at radius 2 is 1.90 bits per heavy atom. The summed E-state index contributed by atoms with van der Waals surface area (Å²) in [5.41, 5.74) is 1.94. The molecular formula is C31H29ClN4O5S. The van der Waals surface area contributed by atoms with Crippen molar-refractivity contribution in [2.24, 2.45) is 5.41 Å². The summed E-state index contributed by atoms with van der Waals surface area (Å²) in [6, 6.07) is 18.2. The van der Waals surface area contributed by atoms with Crippen LogP contribution >= 0.6 is 23.8 Å². The van der Waals surface area contributed by atoms with Crippen LogP contribution in [0.15, 0.2) is 77.3 Å². The van der Waals surface area contributed by atoms with Gasteiger partial charge in [0.05, 0.1) is 35.1 Å². The lowest BCUT2D eigenvalue weighted by atomic mass is 9.95. The molecule has 2 atom stereocenters. The van der Waals surface area contributed by atoms with E-state index in [2.05, 4.69) is 15.6 Å². The molecule has 216 valence electrons. The summed E-state index contributed by atoms with van der Waals surface area (Å²) in [4.78, 5) is 30.7. The van der Waals surface area contributed by atoms with E-state index in [9.17, 15) is 14.7 Å². The van der Waals surface area contributed by atoms with Gasteiger partial charge in [0, 0.05) is 28.9 Å². The minimum Gasteiger partial charge on any atom is -0.494 e. The van der Waals surface area contributed by atoms with Crippen LogP contribution in [0.5, 0.6) is 5.75 Å². The Labute approximate surface area is 253 Å². The number of rotatable bonds is 7. The standard InChI is InChI=1S/C31H29ClN4O5S/c1-31(2,3)29(39)34-21-11-9-18(16-25(21)40-4)36-27(26(35-30(36)42)22-7-5-6-14-33-22)24-13-12-23(41-24)19-15-17(28(37)38)8-10-20(19)32/h5-16,26-27H,1-4H3,(H,34,39)(H,35,42)(H,37,38)/t26-,27+/m0/s1. The number of carboxylic acid groups (broad SMARTS) is 1. The second-order valence-corrected chi connectivity index (χ2v) is 11.6. The average Bonchev–Trinajstić information content (AvgIpc) is 3.58. The molecule has 9 nitrogen and oxygen atoms in total. The van der Waals surface area contributed by atoms with E-state index in [0.29, 0.717) is 44.3 Å². The summed E-state index contributed by atoms with van der Waals surface area (Å²) in [7, 11) is 1.54.